The number of piperazine rings is 1. The van der Waals surface area contributed by atoms with Gasteiger partial charge in [-0.2, -0.15) is 5.10 Å². The van der Waals surface area contributed by atoms with E-state index in [2.05, 4.69) is 17.0 Å². The van der Waals surface area contributed by atoms with Crippen molar-refractivity contribution in [2.75, 3.05) is 36.8 Å². The van der Waals surface area contributed by atoms with E-state index >= 15 is 0 Å². The van der Waals surface area contributed by atoms with Gasteiger partial charge in [0.2, 0.25) is 5.91 Å². The van der Waals surface area contributed by atoms with Gasteiger partial charge in [0, 0.05) is 49.9 Å². The average Bonchev–Trinajstić information content (AvgIpc) is 3.19. The zero-order chi connectivity index (χ0) is 20.3. The van der Waals surface area contributed by atoms with Crippen LogP contribution < -0.4 is 4.90 Å². The molecule has 0 atom stereocenters. The molecule has 1 amide bonds. The normalized spacial score (nSPS) is 16.7. The second-order valence-electron chi connectivity index (χ2n) is 8.02. The van der Waals surface area contributed by atoms with Crippen LogP contribution in [-0.2, 0) is 23.4 Å². The van der Waals surface area contributed by atoms with Gasteiger partial charge in [-0.3, -0.25) is 4.79 Å². The van der Waals surface area contributed by atoms with Crippen LogP contribution in [0.1, 0.15) is 29.7 Å². The molecule has 1 saturated heterocycles. The summed E-state index contributed by atoms with van der Waals surface area (Å²) in [5.41, 5.74) is 5.05. The number of fused-ring (bicyclic) bond motifs is 3. The SMILES string of the molecule is O=C(CSCc1ccccc1)N1CCN(c2nccn3nc4c(c23)CCCC4)CC1. The molecule has 30 heavy (non-hydrogen) atoms. The van der Waals surface area contributed by atoms with Gasteiger partial charge in [0.25, 0.3) is 0 Å². The van der Waals surface area contributed by atoms with Crippen LogP contribution in [0.4, 0.5) is 5.82 Å². The summed E-state index contributed by atoms with van der Waals surface area (Å²) in [7, 11) is 0. The van der Waals surface area contributed by atoms with Crippen LogP contribution in [0, 0.1) is 0 Å². The van der Waals surface area contributed by atoms with Gasteiger partial charge in [-0.15, -0.1) is 11.8 Å². The number of hydrogen-bond acceptors (Lipinski definition) is 5. The summed E-state index contributed by atoms with van der Waals surface area (Å²) in [6.45, 7) is 3.15. The lowest BCUT2D eigenvalue weighted by molar-refractivity contribution is -0.128. The monoisotopic (exact) mass is 421 g/mol. The van der Waals surface area contributed by atoms with Crippen molar-refractivity contribution in [3.8, 4) is 0 Å². The molecule has 3 aromatic rings. The van der Waals surface area contributed by atoms with E-state index in [1.165, 1.54) is 35.2 Å². The number of hydrogen-bond donors (Lipinski definition) is 0. The van der Waals surface area contributed by atoms with Gasteiger partial charge in [-0.25, -0.2) is 9.50 Å². The Kier molecular flexibility index (Phi) is 5.62. The minimum atomic E-state index is 0.239. The maximum Gasteiger partial charge on any atom is 0.232 e. The summed E-state index contributed by atoms with van der Waals surface area (Å²) in [6.07, 6.45) is 8.42. The van der Waals surface area contributed by atoms with Crippen LogP contribution in [0.25, 0.3) is 5.52 Å². The molecule has 6 nitrogen and oxygen atoms in total. The Hall–Kier alpha value is -2.54. The Bertz CT molecular complexity index is 1030. The molecular formula is C23H27N5OS. The number of aromatic nitrogens is 3. The van der Waals surface area contributed by atoms with E-state index in [1.807, 2.05) is 40.0 Å². The molecule has 0 unspecified atom stereocenters. The number of carbonyl (C=O) groups is 1. The minimum absolute atomic E-state index is 0.239. The van der Waals surface area contributed by atoms with Crippen LogP contribution in [0.2, 0.25) is 0 Å². The summed E-state index contributed by atoms with van der Waals surface area (Å²) >= 11 is 1.69. The summed E-state index contributed by atoms with van der Waals surface area (Å²) in [4.78, 5) is 21.7. The largest absolute Gasteiger partial charge is 0.351 e. The third kappa shape index (κ3) is 3.90. The van der Waals surface area contributed by atoms with Gasteiger partial charge >= 0.3 is 0 Å². The van der Waals surface area contributed by atoms with Crippen LogP contribution in [0.15, 0.2) is 42.7 Å². The first-order valence-electron chi connectivity index (χ1n) is 10.8. The molecule has 7 heteroatoms. The van der Waals surface area contributed by atoms with Crippen molar-refractivity contribution in [2.45, 2.75) is 31.4 Å². The van der Waals surface area contributed by atoms with Crippen LogP contribution >= 0.6 is 11.8 Å². The molecule has 156 valence electrons. The molecule has 1 fully saturated rings. The van der Waals surface area contributed by atoms with Crippen LogP contribution in [0.5, 0.6) is 0 Å². The highest BCUT2D eigenvalue weighted by atomic mass is 32.2. The molecule has 2 aliphatic rings. The minimum Gasteiger partial charge on any atom is -0.351 e. The summed E-state index contributed by atoms with van der Waals surface area (Å²) in [5, 5.41) is 4.79. The van der Waals surface area contributed by atoms with Crippen molar-refractivity contribution in [1.82, 2.24) is 19.5 Å². The quantitative estimate of drug-likeness (QED) is 0.633. The predicted octanol–water partition coefficient (Wildman–Crippen LogP) is 3.19. The number of thioether (sulfide) groups is 1. The molecule has 1 aliphatic heterocycles. The molecule has 1 aromatic carbocycles. The maximum atomic E-state index is 12.7. The van der Waals surface area contributed by atoms with Crippen LogP contribution in [-0.4, -0.2) is 57.3 Å². The van der Waals surface area contributed by atoms with Crippen LogP contribution in [0.3, 0.4) is 0 Å². The van der Waals surface area contributed by atoms with E-state index in [9.17, 15) is 4.79 Å². The van der Waals surface area contributed by atoms with Crippen molar-refractivity contribution in [1.29, 1.82) is 0 Å². The number of rotatable bonds is 5. The van der Waals surface area contributed by atoms with Crippen molar-refractivity contribution in [3.63, 3.8) is 0 Å². The van der Waals surface area contributed by atoms with Gasteiger partial charge in [0.15, 0.2) is 5.82 Å². The number of aryl methyl sites for hydroxylation is 2. The van der Waals surface area contributed by atoms with Gasteiger partial charge in [0.1, 0.15) is 5.52 Å². The predicted molar refractivity (Wildman–Crippen MR) is 121 cm³/mol. The fourth-order valence-corrected chi connectivity index (χ4v) is 5.35. The molecule has 1 aliphatic carbocycles. The van der Waals surface area contributed by atoms with E-state index in [-0.39, 0.29) is 5.91 Å². The van der Waals surface area contributed by atoms with Gasteiger partial charge in [0.05, 0.1) is 11.4 Å². The number of benzene rings is 1. The Morgan fingerprint density at radius 1 is 1.03 bits per heavy atom. The Morgan fingerprint density at radius 3 is 2.67 bits per heavy atom. The number of carbonyl (C=O) groups excluding carboxylic acids is 1. The lowest BCUT2D eigenvalue weighted by atomic mass is 9.97. The highest BCUT2D eigenvalue weighted by Gasteiger charge is 2.26. The molecule has 0 bridgehead atoms. The topological polar surface area (TPSA) is 53.7 Å². The molecule has 2 aromatic heterocycles. The smallest absolute Gasteiger partial charge is 0.232 e. The number of anilines is 1. The Morgan fingerprint density at radius 2 is 1.83 bits per heavy atom. The van der Waals surface area contributed by atoms with Crippen molar-refractivity contribution >= 4 is 29.0 Å². The van der Waals surface area contributed by atoms with E-state index in [0.29, 0.717) is 5.75 Å². The van der Waals surface area contributed by atoms with E-state index in [0.717, 1.165) is 50.6 Å². The molecule has 5 rings (SSSR count). The summed E-state index contributed by atoms with van der Waals surface area (Å²) in [5.74, 6) is 2.69. The van der Waals surface area contributed by atoms with E-state index < -0.39 is 0 Å². The summed E-state index contributed by atoms with van der Waals surface area (Å²) in [6, 6.07) is 10.3. The number of amides is 1. The zero-order valence-corrected chi connectivity index (χ0v) is 18.0. The standard InChI is InChI=1S/C23H27N5OS/c29-21(17-30-16-18-6-2-1-3-7-18)26-12-14-27(15-13-26)23-22-19-8-4-5-9-20(19)25-28(22)11-10-24-23/h1-3,6-7,10-11H,4-5,8-9,12-17H2. The molecule has 0 radical (unpaired) electrons. The van der Waals surface area contributed by atoms with Crippen molar-refractivity contribution < 1.29 is 4.79 Å². The van der Waals surface area contributed by atoms with E-state index in [1.54, 1.807) is 11.8 Å². The second-order valence-corrected chi connectivity index (χ2v) is 9.01. The lowest BCUT2D eigenvalue weighted by Crippen LogP contribution is -2.49. The molecule has 0 saturated carbocycles. The Labute approximate surface area is 181 Å². The third-order valence-corrected chi connectivity index (χ3v) is 7.06. The van der Waals surface area contributed by atoms with E-state index in [4.69, 9.17) is 10.1 Å². The number of nitrogens with zero attached hydrogens (tertiary/aromatic N) is 5. The molecule has 3 heterocycles. The molecule has 0 spiro atoms. The average molecular weight is 422 g/mol. The third-order valence-electron chi connectivity index (χ3n) is 6.07. The second kappa shape index (κ2) is 8.68. The Balaban J connectivity index is 1.21. The first-order valence-corrected chi connectivity index (χ1v) is 11.9. The first-order chi connectivity index (χ1) is 14.8. The van der Waals surface area contributed by atoms with Crippen molar-refractivity contribution in [3.05, 3.63) is 59.5 Å². The van der Waals surface area contributed by atoms with Crippen molar-refractivity contribution in [2.24, 2.45) is 0 Å². The van der Waals surface area contributed by atoms with Gasteiger partial charge in [-0.1, -0.05) is 30.3 Å². The molecular weight excluding hydrogens is 394 g/mol. The lowest BCUT2D eigenvalue weighted by Gasteiger charge is -2.35. The molecule has 0 N–H and O–H groups in total. The summed E-state index contributed by atoms with van der Waals surface area (Å²) < 4.78 is 2.01. The fraction of sp³-hybridized carbons (Fsp3) is 0.435. The highest BCUT2D eigenvalue weighted by Crippen LogP contribution is 2.30. The van der Waals surface area contributed by atoms with Gasteiger partial charge in [-0.05, 0) is 31.2 Å². The van der Waals surface area contributed by atoms with Gasteiger partial charge < -0.3 is 9.80 Å². The first kappa shape index (κ1) is 19.4. The fourth-order valence-electron chi connectivity index (χ4n) is 4.47. The zero-order valence-electron chi connectivity index (χ0n) is 17.2. The maximum absolute atomic E-state index is 12.7. The highest BCUT2D eigenvalue weighted by molar-refractivity contribution is 7.99.